The van der Waals surface area contributed by atoms with Gasteiger partial charge >= 0.3 is 22.4 Å². The Morgan fingerprint density at radius 2 is 1.68 bits per heavy atom. The zero-order valence-electron chi connectivity index (χ0n) is 18.0. The van der Waals surface area contributed by atoms with Crippen molar-refractivity contribution in [3.8, 4) is 0 Å². The minimum atomic E-state index is -4.19. The molecule has 1 saturated carbocycles. The number of nitrogens with zero attached hydrogens (tertiary/aromatic N) is 1. The van der Waals surface area contributed by atoms with Crippen LogP contribution in [0.25, 0.3) is 0 Å². The smallest absolute Gasteiger partial charge is 0.426 e. The quantitative estimate of drug-likeness (QED) is 0.624. The summed E-state index contributed by atoms with van der Waals surface area (Å²) in [5.41, 5.74) is -0.318. The molecule has 0 radical (unpaired) electrons. The van der Waals surface area contributed by atoms with Crippen LogP contribution in [0.3, 0.4) is 0 Å². The van der Waals surface area contributed by atoms with Crippen LogP contribution >= 0.6 is 0 Å². The molecule has 1 aliphatic heterocycles. The number of ether oxygens (including phenoxy) is 3. The van der Waals surface area contributed by atoms with Gasteiger partial charge in [-0.1, -0.05) is 18.2 Å². The molecule has 2 fully saturated rings. The van der Waals surface area contributed by atoms with Crippen molar-refractivity contribution in [3.63, 3.8) is 0 Å². The van der Waals surface area contributed by atoms with E-state index in [1.807, 2.05) is 6.07 Å². The molecule has 3 rings (SSSR count). The van der Waals surface area contributed by atoms with Gasteiger partial charge in [0.1, 0.15) is 17.7 Å². The summed E-state index contributed by atoms with van der Waals surface area (Å²) in [6, 6.07) is 8.05. The van der Waals surface area contributed by atoms with Crippen LogP contribution in [0.2, 0.25) is 0 Å². The molecule has 1 aromatic carbocycles. The Morgan fingerprint density at radius 1 is 1.06 bits per heavy atom. The van der Waals surface area contributed by atoms with Gasteiger partial charge in [0, 0.05) is 0 Å². The molecule has 0 bridgehead atoms. The summed E-state index contributed by atoms with van der Waals surface area (Å²) in [7, 11) is -4.19. The fraction of sp³-hybridized carbons (Fsp3) is 0.619. The lowest BCUT2D eigenvalue weighted by Gasteiger charge is -2.30. The highest BCUT2D eigenvalue weighted by molar-refractivity contribution is 7.85. The Bertz CT molecular complexity index is 872. The number of carbonyl (C=O) groups is 2. The molecule has 1 heterocycles. The molecular weight excluding hydrogens is 426 g/mol. The molecule has 2 aliphatic rings. The van der Waals surface area contributed by atoms with Crippen molar-refractivity contribution in [1.82, 2.24) is 4.31 Å². The van der Waals surface area contributed by atoms with E-state index in [0.717, 1.165) is 0 Å². The lowest BCUT2D eigenvalue weighted by Crippen LogP contribution is -2.45. The SMILES string of the molecule is CC(C)(C)OC(=O)N1[C@H](CO[C@H]2CC[C@H](OC(=O)c3ccccc3)CC2)COS1(=O)=O. The van der Waals surface area contributed by atoms with E-state index in [1.54, 1.807) is 45.0 Å². The number of hydrogen-bond acceptors (Lipinski definition) is 8. The molecule has 0 unspecified atom stereocenters. The van der Waals surface area contributed by atoms with Gasteiger partial charge in [-0.3, -0.25) is 4.18 Å². The van der Waals surface area contributed by atoms with E-state index in [0.29, 0.717) is 35.6 Å². The largest absolute Gasteiger partial charge is 0.459 e. The average molecular weight is 456 g/mol. The molecule has 1 aliphatic carbocycles. The zero-order valence-corrected chi connectivity index (χ0v) is 18.8. The Kier molecular flexibility index (Phi) is 7.23. The summed E-state index contributed by atoms with van der Waals surface area (Å²) in [4.78, 5) is 24.5. The van der Waals surface area contributed by atoms with Gasteiger partial charge in [-0.15, -0.1) is 0 Å². The van der Waals surface area contributed by atoms with Gasteiger partial charge in [-0.05, 0) is 58.6 Å². The van der Waals surface area contributed by atoms with Crippen molar-refractivity contribution < 1.29 is 36.4 Å². The minimum Gasteiger partial charge on any atom is -0.459 e. The number of esters is 1. The van der Waals surface area contributed by atoms with Crippen molar-refractivity contribution in [3.05, 3.63) is 35.9 Å². The monoisotopic (exact) mass is 455 g/mol. The fourth-order valence-electron chi connectivity index (χ4n) is 3.49. The van der Waals surface area contributed by atoms with Gasteiger partial charge in [0.15, 0.2) is 0 Å². The van der Waals surface area contributed by atoms with Crippen molar-refractivity contribution in [1.29, 1.82) is 0 Å². The Labute approximate surface area is 182 Å². The number of benzene rings is 1. The van der Waals surface area contributed by atoms with E-state index in [2.05, 4.69) is 0 Å². The average Bonchev–Trinajstić information content (AvgIpc) is 3.01. The maximum Gasteiger partial charge on any atom is 0.426 e. The topological polar surface area (TPSA) is 108 Å². The molecule has 1 amide bonds. The van der Waals surface area contributed by atoms with Gasteiger partial charge in [0.2, 0.25) is 0 Å². The van der Waals surface area contributed by atoms with Crippen LogP contribution in [0.5, 0.6) is 0 Å². The zero-order chi connectivity index (χ0) is 22.6. The van der Waals surface area contributed by atoms with Gasteiger partial charge in [-0.25, -0.2) is 9.59 Å². The third kappa shape index (κ3) is 6.41. The first-order chi connectivity index (χ1) is 14.5. The number of carbonyl (C=O) groups excluding carboxylic acids is 2. The molecule has 1 atom stereocenters. The second-order valence-electron chi connectivity index (χ2n) is 8.68. The standard InChI is InChI=1S/C21H29NO8S/c1-21(2,3)30-20(24)22-16(14-28-31(22,25)26)13-27-17-9-11-18(12-10-17)29-19(23)15-7-5-4-6-8-15/h4-8,16-18H,9-14H2,1-3H3/t16-,17-,18-/m1/s1. The normalized spacial score (nSPS) is 25.8. The Balaban J connectivity index is 1.47. The molecule has 0 aromatic heterocycles. The predicted molar refractivity (Wildman–Crippen MR) is 111 cm³/mol. The molecule has 10 heteroatoms. The van der Waals surface area contributed by atoms with Crippen molar-refractivity contribution >= 4 is 22.4 Å². The highest BCUT2D eigenvalue weighted by Gasteiger charge is 2.45. The summed E-state index contributed by atoms with van der Waals surface area (Å²) in [5.74, 6) is -0.341. The maximum atomic E-state index is 12.3. The molecule has 1 saturated heterocycles. The van der Waals surface area contributed by atoms with E-state index >= 15 is 0 Å². The predicted octanol–water partition coefficient (Wildman–Crippen LogP) is 3.05. The van der Waals surface area contributed by atoms with Crippen LogP contribution in [0.15, 0.2) is 30.3 Å². The lowest BCUT2D eigenvalue weighted by atomic mass is 9.95. The van der Waals surface area contributed by atoms with Crippen molar-refractivity contribution in [2.75, 3.05) is 13.2 Å². The van der Waals surface area contributed by atoms with Crippen LogP contribution in [-0.2, 0) is 28.7 Å². The molecular formula is C21H29NO8S. The van der Waals surface area contributed by atoms with Crippen LogP contribution < -0.4 is 0 Å². The first-order valence-corrected chi connectivity index (χ1v) is 11.7. The molecule has 0 spiro atoms. The third-order valence-corrected chi connectivity index (χ3v) is 6.35. The van der Waals surface area contributed by atoms with E-state index in [1.165, 1.54) is 0 Å². The second kappa shape index (κ2) is 9.54. The number of rotatable bonds is 5. The highest BCUT2D eigenvalue weighted by atomic mass is 32.2. The van der Waals surface area contributed by atoms with Crippen LogP contribution in [-0.4, -0.2) is 61.9 Å². The molecule has 0 N–H and O–H groups in total. The fourth-order valence-corrected chi connectivity index (χ4v) is 4.64. The summed E-state index contributed by atoms with van der Waals surface area (Å²) in [6.07, 6.45) is 1.36. The van der Waals surface area contributed by atoms with Crippen LogP contribution in [0, 0.1) is 0 Å². The van der Waals surface area contributed by atoms with Crippen LogP contribution in [0.4, 0.5) is 4.79 Å². The molecule has 31 heavy (non-hydrogen) atoms. The van der Waals surface area contributed by atoms with Crippen molar-refractivity contribution in [2.24, 2.45) is 0 Å². The van der Waals surface area contributed by atoms with E-state index in [-0.39, 0.29) is 31.4 Å². The first-order valence-electron chi connectivity index (χ1n) is 10.3. The van der Waals surface area contributed by atoms with E-state index < -0.39 is 28.0 Å². The van der Waals surface area contributed by atoms with E-state index in [9.17, 15) is 18.0 Å². The summed E-state index contributed by atoms with van der Waals surface area (Å²) >= 11 is 0. The number of hydrogen-bond donors (Lipinski definition) is 0. The lowest BCUT2D eigenvalue weighted by molar-refractivity contribution is -0.0315. The molecule has 9 nitrogen and oxygen atoms in total. The van der Waals surface area contributed by atoms with Gasteiger partial charge in [0.05, 0.1) is 24.9 Å². The minimum absolute atomic E-state index is 0.0115. The van der Waals surface area contributed by atoms with Gasteiger partial charge in [-0.2, -0.15) is 12.7 Å². The third-order valence-electron chi connectivity index (χ3n) is 4.98. The van der Waals surface area contributed by atoms with E-state index in [4.69, 9.17) is 18.4 Å². The van der Waals surface area contributed by atoms with Crippen LogP contribution in [0.1, 0.15) is 56.8 Å². The van der Waals surface area contributed by atoms with Gasteiger partial charge in [0.25, 0.3) is 0 Å². The Hall–Kier alpha value is -2.17. The van der Waals surface area contributed by atoms with Crippen molar-refractivity contribution in [2.45, 2.75) is 70.3 Å². The summed E-state index contributed by atoms with van der Waals surface area (Å²) < 4.78 is 46.3. The second-order valence-corrected chi connectivity index (χ2v) is 10.2. The molecule has 172 valence electrons. The summed E-state index contributed by atoms with van der Waals surface area (Å²) in [5, 5.41) is 0. The maximum absolute atomic E-state index is 12.3. The van der Waals surface area contributed by atoms with Gasteiger partial charge < -0.3 is 14.2 Å². The number of amides is 1. The summed E-state index contributed by atoms with van der Waals surface area (Å²) in [6.45, 7) is 4.80. The first kappa shape index (κ1) is 23.5. The molecule has 1 aromatic rings. The Morgan fingerprint density at radius 3 is 2.29 bits per heavy atom. The highest BCUT2D eigenvalue weighted by Crippen LogP contribution is 2.27.